The zero-order valence-corrected chi connectivity index (χ0v) is 22.8. The van der Waals surface area contributed by atoms with E-state index in [1.54, 1.807) is 35.1 Å². The van der Waals surface area contributed by atoms with Crippen molar-refractivity contribution < 1.29 is 32.5 Å². The van der Waals surface area contributed by atoms with E-state index < -0.39 is 28.5 Å². The molecule has 0 saturated carbocycles. The van der Waals surface area contributed by atoms with E-state index >= 15 is 0 Å². The molecule has 0 aliphatic carbocycles. The molecule has 210 valence electrons. The first-order valence-corrected chi connectivity index (χ1v) is 13.4. The molecule has 5 rings (SSSR count). The number of rotatable bonds is 8. The molecule has 14 heteroatoms. The topological polar surface area (TPSA) is 104 Å². The molecule has 2 atom stereocenters. The van der Waals surface area contributed by atoms with Crippen molar-refractivity contribution >= 4 is 29.3 Å². The Morgan fingerprint density at radius 3 is 2.62 bits per heavy atom. The fourth-order valence-electron chi connectivity index (χ4n) is 4.75. The maximum Gasteiger partial charge on any atom is 0.452 e. The second-order valence-corrected chi connectivity index (χ2v) is 10.7. The number of carbonyl (C=O) groups is 1. The highest BCUT2D eigenvalue weighted by molar-refractivity contribution is 8.00. The number of aliphatic carboxylic acids is 1. The first-order valence-electron chi connectivity index (χ1n) is 12.0. The fraction of sp³-hybridized carbons (Fsp3) is 0.308. The van der Waals surface area contributed by atoms with Crippen LogP contribution < -0.4 is 9.47 Å². The standard InChI is InChI=1S/C26H23ClF3N5O4S/c1-38-19-5-3-4-16(22(19)39-2)23-17-12-14(27)6-7-18(17)35-24(31-32-25(35)26(28,29)30)20(40-23)9-11-34-10-8-15(33-34)13-21(36)37/h3-8,10,12,20,23H,9,11,13H2,1-2H3,(H,36,37)/t20-,23-/m1/s1. The maximum atomic E-state index is 14.2. The van der Waals surface area contributed by atoms with Crippen LogP contribution in [0.25, 0.3) is 5.69 Å². The highest BCUT2D eigenvalue weighted by Gasteiger charge is 2.43. The number of thioether (sulfide) groups is 1. The van der Waals surface area contributed by atoms with E-state index in [-0.39, 0.29) is 17.9 Å². The van der Waals surface area contributed by atoms with Crippen LogP contribution in [-0.4, -0.2) is 49.8 Å². The van der Waals surface area contributed by atoms with Gasteiger partial charge in [0.25, 0.3) is 0 Å². The number of nitrogens with zero attached hydrogens (tertiary/aromatic N) is 5. The van der Waals surface area contributed by atoms with E-state index in [2.05, 4.69) is 15.3 Å². The van der Waals surface area contributed by atoms with Crippen LogP contribution in [0.1, 0.15) is 45.4 Å². The third-order valence-electron chi connectivity index (χ3n) is 6.41. The largest absolute Gasteiger partial charge is 0.493 e. The van der Waals surface area contributed by atoms with Gasteiger partial charge < -0.3 is 14.6 Å². The van der Waals surface area contributed by atoms with E-state index in [0.717, 1.165) is 4.57 Å². The number of aryl methyl sites for hydroxylation is 1. The summed E-state index contributed by atoms with van der Waals surface area (Å²) < 4.78 is 56.4. The quantitative estimate of drug-likeness (QED) is 0.275. The first-order chi connectivity index (χ1) is 19.1. The van der Waals surface area contributed by atoms with E-state index in [9.17, 15) is 18.0 Å². The first kappa shape index (κ1) is 27.8. The predicted octanol–water partition coefficient (Wildman–Crippen LogP) is 5.75. The van der Waals surface area contributed by atoms with Crippen LogP contribution in [0.15, 0.2) is 48.7 Å². The summed E-state index contributed by atoms with van der Waals surface area (Å²) in [6.07, 6.45) is -3.04. The number of hydrogen-bond acceptors (Lipinski definition) is 7. The lowest BCUT2D eigenvalue weighted by Crippen LogP contribution is -2.16. The summed E-state index contributed by atoms with van der Waals surface area (Å²) in [6, 6.07) is 11.7. The van der Waals surface area contributed by atoms with Crippen LogP contribution in [0.2, 0.25) is 5.02 Å². The smallest absolute Gasteiger partial charge is 0.452 e. The van der Waals surface area contributed by atoms with Crippen molar-refractivity contribution in [3.8, 4) is 17.2 Å². The summed E-state index contributed by atoms with van der Waals surface area (Å²) in [5.74, 6) is -1.10. The van der Waals surface area contributed by atoms with Gasteiger partial charge in [0, 0.05) is 23.3 Å². The van der Waals surface area contributed by atoms with Gasteiger partial charge in [0.2, 0.25) is 5.82 Å². The van der Waals surface area contributed by atoms with Crippen LogP contribution in [-0.2, 0) is 23.9 Å². The van der Waals surface area contributed by atoms with Gasteiger partial charge in [-0.05, 0) is 42.3 Å². The number of alkyl halides is 3. The highest BCUT2D eigenvalue weighted by Crippen LogP contribution is 2.54. The number of fused-ring (bicyclic) bond motifs is 3. The van der Waals surface area contributed by atoms with E-state index in [1.807, 2.05) is 6.07 Å². The number of carboxylic acid groups (broad SMARTS) is 1. The Hall–Kier alpha value is -3.71. The molecule has 1 N–H and O–H groups in total. The molecule has 2 aromatic carbocycles. The Labute approximate surface area is 235 Å². The molecule has 0 radical (unpaired) electrons. The number of benzene rings is 2. The number of aromatic nitrogens is 5. The Morgan fingerprint density at radius 1 is 1.12 bits per heavy atom. The Balaban J connectivity index is 1.65. The van der Waals surface area contributed by atoms with Crippen molar-refractivity contribution in [1.82, 2.24) is 24.5 Å². The number of ether oxygens (including phenoxy) is 2. The van der Waals surface area contributed by atoms with Crippen molar-refractivity contribution in [3.05, 3.63) is 82.2 Å². The van der Waals surface area contributed by atoms with E-state index in [1.165, 1.54) is 38.1 Å². The average Bonchev–Trinajstić information content (AvgIpc) is 3.52. The normalized spacial score (nSPS) is 16.6. The van der Waals surface area contributed by atoms with Crippen LogP contribution in [0, 0.1) is 0 Å². The second kappa shape index (κ2) is 11.0. The van der Waals surface area contributed by atoms with Gasteiger partial charge in [-0.15, -0.1) is 22.0 Å². The summed E-state index contributed by atoms with van der Waals surface area (Å²) in [4.78, 5) is 11.1. The molecule has 40 heavy (non-hydrogen) atoms. The summed E-state index contributed by atoms with van der Waals surface area (Å²) in [5, 5.41) is 20.2. The molecule has 1 aliphatic rings. The molecule has 0 fully saturated rings. The van der Waals surface area contributed by atoms with Crippen molar-refractivity contribution in [2.45, 2.75) is 36.1 Å². The maximum absolute atomic E-state index is 14.2. The van der Waals surface area contributed by atoms with Crippen molar-refractivity contribution in [1.29, 1.82) is 0 Å². The lowest BCUT2D eigenvalue weighted by atomic mass is 10.0. The lowest BCUT2D eigenvalue weighted by molar-refractivity contribution is -0.146. The predicted molar refractivity (Wildman–Crippen MR) is 141 cm³/mol. The Morgan fingerprint density at radius 2 is 1.93 bits per heavy atom. The highest BCUT2D eigenvalue weighted by atomic mass is 35.5. The lowest BCUT2D eigenvalue weighted by Gasteiger charge is -2.24. The average molecular weight is 594 g/mol. The van der Waals surface area contributed by atoms with Crippen LogP contribution in [0.4, 0.5) is 13.2 Å². The fourth-order valence-corrected chi connectivity index (χ4v) is 6.44. The molecule has 0 spiro atoms. The van der Waals surface area contributed by atoms with Gasteiger partial charge in [-0.25, -0.2) is 0 Å². The second-order valence-electron chi connectivity index (χ2n) is 8.93. The van der Waals surface area contributed by atoms with Gasteiger partial charge in [-0.3, -0.25) is 14.0 Å². The van der Waals surface area contributed by atoms with Crippen molar-refractivity contribution in [2.75, 3.05) is 14.2 Å². The van der Waals surface area contributed by atoms with Gasteiger partial charge >= 0.3 is 12.1 Å². The number of methoxy groups -OCH3 is 2. The summed E-state index contributed by atoms with van der Waals surface area (Å²) >= 11 is 7.77. The number of carboxylic acids is 1. The third kappa shape index (κ3) is 5.35. The van der Waals surface area contributed by atoms with Crippen LogP contribution >= 0.6 is 23.4 Å². The Kier molecular flexibility index (Phi) is 7.69. The minimum atomic E-state index is -4.77. The number of halogens is 4. The molecule has 0 amide bonds. The molecule has 2 aromatic heterocycles. The van der Waals surface area contributed by atoms with E-state index in [4.69, 9.17) is 26.2 Å². The third-order valence-corrected chi connectivity index (χ3v) is 8.20. The van der Waals surface area contributed by atoms with Crippen molar-refractivity contribution in [3.63, 3.8) is 0 Å². The van der Waals surface area contributed by atoms with Crippen LogP contribution in [0.5, 0.6) is 11.5 Å². The molecule has 3 heterocycles. The summed E-state index contributed by atoms with van der Waals surface area (Å²) in [5.41, 5.74) is 1.85. The molecule has 4 aromatic rings. The van der Waals surface area contributed by atoms with Gasteiger partial charge in [-0.2, -0.15) is 18.3 Å². The molecular weight excluding hydrogens is 571 g/mol. The molecule has 1 aliphatic heterocycles. The van der Waals surface area contributed by atoms with E-state index in [0.29, 0.717) is 46.3 Å². The van der Waals surface area contributed by atoms with Crippen LogP contribution in [0.3, 0.4) is 0 Å². The monoisotopic (exact) mass is 593 g/mol. The van der Waals surface area contributed by atoms with Gasteiger partial charge in [0.15, 0.2) is 17.3 Å². The SMILES string of the molecule is COc1cccc([C@H]2S[C@H](CCn3ccc(CC(=O)O)n3)c3nnc(C(F)(F)F)n3-c3ccc(Cl)cc32)c1OC. The minimum absolute atomic E-state index is 0.128. The summed E-state index contributed by atoms with van der Waals surface area (Å²) in [7, 11) is 3.01. The minimum Gasteiger partial charge on any atom is -0.493 e. The molecule has 0 unspecified atom stereocenters. The van der Waals surface area contributed by atoms with Gasteiger partial charge in [0.05, 0.1) is 42.5 Å². The molecule has 9 nitrogen and oxygen atoms in total. The molecule has 0 saturated heterocycles. The zero-order valence-electron chi connectivity index (χ0n) is 21.2. The van der Waals surface area contributed by atoms with Crippen molar-refractivity contribution in [2.24, 2.45) is 0 Å². The zero-order chi connectivity index (χ0) is 28.6. The van der Waals surface area contributed by atoms with Gasteiger partial charge in [-0.1, -0.05) is 23.7 Å². The summed E-state index contributed by atoms with van der Waals surface area (Å²) in [6.45, 7) is 0.296. The Bertz CT molecular complexity index is 1560. The number of para-hydroxylation sites is 1. The number of hydrogen-bond donors (Lipinski definition) is 1. The van der Waals surface area contributed by atoms with Gasteiger partial charge in [0.1, 0.15) is 0 Å². The molecular formula is C26H23ClF3N5O4S. The molecule has 0 bridgehead atoms.